The summed E-state index contributed by atoms with van der Waals surface area (Å²) in [4.78, 5) is 2.64. The van der Waals surface area contributed by atoms with Crippen LogP contribution < -0.4 is 5.73 Å². The summed E-state index contributed by atoms with van der Waals surface area (Å²) in [5.74, 6) is 0.623. The van der Waals surface area contributed by atoms with Crippen LogP contribution >= 0.6 is 0 Å². The summed E-state index contributed by atoms with van der Waals surface area (Å²) in [5.41, 5.74) is 6.67. The molecule has 1 rings (SSSR count). The molecule has 0 spiro atoms. The zero-order chi connectivity index (χ0) is 12.9. The van der Waals surface area contributed by atoms with Crippen molar-refractivity contribution in [2.24, 2.45) is 11.7 Å². The molecule has 0 saturated carbocycles. The van der Waals surface area contributed by atoms with Gasteiger partial charge in [0, 0.05) is 11.6 Å². The van der Waals surface area contributed by atoms with Crippen LogP contribution in [-0.4, -0.2) is 29.6 Å². The van der Waals surface area contributed by atoms with Crippen LogP contribution in [0, 0.1) is 5.92 Å². The molecular formula is C15H32N2. The Balaban J connectivity index is 2.63. The Hall–Kier alpha value is -0.0800. The number of hydrogen-bond acceptors (Lipinski definition) is 2. The predicted octanol–water partition coefficient (Wildman–Crippen LogP) is 3.40. The molecule has 0 aliphatic carbocycles. The zero-order valence-corrected chi connectivity index (χ0v) is 12.3. The molecule has 2 atom stereocenters. The number of nitrogens with two attached hydrogens (primary N) is 1. The number of rotatable bonds is 5. The van der Waals surface area contributed by atoms with E-state index in [2.05, 4.69) is 32.6 Å². The van der Waals surface area contributed by atoms with Gasteiger partial charge in [-0.1, -0.05) is 33.1 Å². The minimum Gasteiger partial charge on any atom is -0.326 e. The summed E-state index contributed by atoms with van der Waals surface area (Å²) in [6, 6.07) is 0.292. The second kappa shape index (κ2) is 6.75. The molecule has 1 aliphatic heterocycles. The van der Waals surface area contributed by atoms with Gasteiger partial charge in [0.2, 0.25) is 0 Å². The van der Waals surface area contributed by atoms with Gasteiger partial charge in [-0.05, 0) is 52.1 Å². The molecule has 17 heavy (non-hydrogen) atoms. The lowest BCUT2D eigenvalue weighted by Crippen LogP contribution is -2.58. The van der Waals surface area contributed by atoms with Gasteiger partial charge in [0.1, 0.15) is 0 Å². The average Bonchev–Trinajstić information content (AvgIpc) is 2.57. The van der Waals surface area contributed by atoms with E-state index in [0.29, 0.717) is 12.0 Å². The smallest absolute Gasteiger partial charge is 0.0306 e. The molecule has 0 aromatic carbocycles. The molecule has 2 nitrogen and oxygen atoms in total. The first kappa shape index (κ1) is 15.0. The topological polar surface area (TPSA) is 29.3 Å². The van der Waals surface area contributed by atoms with Crippen molar-refractivity contribution in [1.29, 1.82) is 0 Å². The van der Waals surface area contributed by atoms with Gasteiger partial charge >= 0.3 is 0 Å². The summed E-state index contributed by atoms with van der Waals surface area (Å²) in [5, 5.41) is 0. The fraction of sp³-hybridized carbons (Fsp3) is 1.00. The van der Waals surface area contributed by atoms with Crippen molar-refractivity contribution in [3.05, 3.63) is 0 Å². The molecule has 0 radical (unpaired) electrons. The minimum atomic E-state index is 0.152. The second-order valence-electron chi connectivity index (χ2n) is 6.35. The highest BCUT2D eigenvalue weighted by atomic mass is 15.2. The predicted molar refractivity (Wildman–Crippen MR) is 76.2 cm³/mol. The first-order valence-corrected chi connectivity index (χ1v) is 7.50. The molecule has 102 valence electrons. The molecule has 1 heterocycles. The van der Waals surface area contributed by atoms with Crippen LogP contribution in [0.25, 0.3) is 0 Å². The van der Waals surface area contributed by atoms with Gasteiger partial charge in [0.05, 0.1) is 0 Å². The highest BCUT2D eigenvalue weighted by molar-refractivity contribution is 4.94. The van der Waals surface area contributed by atoms with E-state index < -0.39 is 0 Å². The van der Waals surface area contributed by atoms with Gasteiger partial charge in [0.15, 0.2) is 0 Å². The fourth-order valence-electron chi connectivity index (χ4n) is 3.19. The SMILES string of the molecule is CCCC(C)C(N)C(C)(C)N1CCCCCC1. The van der Waals surface area contributed by atoms with E-state index in [4.69, 9.17) is 5.73 Å². The molecule has 1 fully saturated rings. The van der Waals surface area contributed by atoms with Crippen molar-refractivity contribution < 1.29 is 0 Å². The Morgan fingerprint density at radius 3 is 2.12 bits per heavy atom. The van der Waals surface area contributed by atoms with Crippen molar-refractivity contribution in [2.75, 3.05) is 13.1 Å². The van der Waals surface area contributed by atoms with Gasteiger partial charge in [-0.2, -0.15) is 0 Å². The zero-order valence-electron chi connectivity index (χ0n) is 12.3. The van der Waals surface area contributed by atoms with Gasteiger partial charge < -0.3 is 5.73 Å². The Morgan fingerprint density at radius 2 is 1.65 bits per heavy atom. The summed E-state index contributed by atoms with van der Waals surface area (Å²) in [6.07, 6.45) is 7.97. The van der Waals surface area contributed by atoms with Crippen LogP contribution in [0.2, 0.25) is 0 Å². The molecular weight excluding hydrogens is 208 g/mol. The van der Waals surface area contributed by atoms with Crippen molar-refractivity contribution in [3.8, 4) is 0 Å². The normalized spacial score (nSPS) is 23.1. The van der Waals surface area contributed by atoms with E-state index in [1.54, 1.807) is 0 Å². The molecule has 1 aliphatic rings. The van der Waals surface area contributed by atoms with Crippen molar-refractivity contribution in [3.63, 3.8) is 0 Å². The molecule has 0 amide bonds. The van der Waals surface area contributed by atoms with Crippen molar-refractivity contribution in [2.45, 2.75) is 77.8 Å². The average molecular weight is 240 g/mol. The summed E-state index contributed by atoms with van der Waals surface area (Å²) >= 11 is 0. The third-order valence-corrected chi connectivity index (χ3v) is 4.59. The largest absolute Gasteiger partial charge is 0.326 e. The monoisotopic (exact) mass is 240 g/mol. The van der Waals surface area contributed by atoms with Crippen molar-refractivity contribution >= 4 is 0 Å². The molecule has 2 heteroatoms. The summed E-state index contributed by atoms with van der Waals surface area (Å²) in [7, 11) is 0. The van der Waals surface area contributed by atoms with E-state index in [-0.39, 0.29) is 5.54 Å². The first-order valence-electron chi connectivity index (χ1n) is 7.50. The van der Waals surface area contributed by atoms with Crippen LogP contribution in [0.4, 0.5) is 0 Å². The molecule has 0 aromatic rings. The number of nitrogens with zero attached hydrogens (tertiary/aromatic N) is 1. The van der Waals surface area contributed by atoms with Crippen LogP contribution in [0.5, 0.6) is 0 Å². The Kier molecular flexibility index (Phi) is 5.94. The molecule has 2 N–H and O–H groups in total. The van der Waals surface area contributed by atoms with Crippen LogP contribution in [0.1, 0.15) is 66.2 Å². The number of likely N-dealkylation sites (tertiary alicyclic amines) is 1. The summed E-state index contributed by atoms with van der Waals surface area (Å²) < 4.78 is 0. The maximum Gasteiger partial charge on any atom is 0.0306 e. The lowest BCUT2D eigenvalue weighted by molar-refractivity contribution is 0.0766. The Bertz CT molecular complexity index is 205. The highest BCUT2D eigenvalue weighted by Gasteiger charge is 2.35. The maximum absolute atomic E-state index is 6.52. The maximum atomic E-state index is 6.52. The minimum absolute atomic E-state index is 0.152. The van der Waals surface area contributed by atoms with E-state index in [1.807, 2.05) is 0 Å². The van der Waals surface area contributed by atoms with E-state index in [0.717, 1.165) is 0 Å². The van der Waals surface area contributed by atoms with E-state index >= 15 is 0 Å². The van der Waals surface area contributed by atoms with Crippen LogP contribution in [0.3, 0.4) is 0 Å². The van der Waals surface area contributed by atoms with Crippen LogP contribution in [0.15, 0.2) is 0 Å². The van der Waals surface area contributed by atoms with Gasteiger partial charge in [-0.25, -0.2) is 0 Å². The fourth-order valence-corrected chi connectivity index (χ4v) is 3.19. The first-order chi connectivity index (χ1) is 8.00. The Morgan fingerprint density at radius 1 is 1.12 bits per heavy atom. The van der Waals surface area contributed by atoms with Crippen molar-refractivity contribution in [1.82, 2.24) is 4.90 Å². The number of hydrogen-bond donors (Lipinski definition) is 1. The van der Waals surface area contributed by atoms with E-state index in [9.17, 15) is 0 Å². The summed E-state index contributed by atoms with van der Waals surface area (Å²) in [6.45, 7) is 11.7. The molecule has 2 unspecified atom stereocenters. The lowest BCUT2D eigenvalue weighted by Gasteiger charge is -2.44. The second-order valence-corrected chi connectivity index (χ2v) is 6.35. The third-order valence-electron chi connectivity index (χ3n) is 4.59. The molecule has 1 saturated heterocycles. The quantitative estimate of drug-likeness (QED) is 0.798. The lowest BCUT2D eigenvalue weighted by atomic mass is 9.82. The van der Waals surface area contributed by atoms with Gasteiger partial charge in [-0.3, -0.25) is 4.90 Å². The van der Waals surface area contributed by atoms with Gasteiger partial charge in [-0.15, -0.1) is 0 Å². The molecule has 0 aromatic heterocycles. The standard InChI is InChI=1S/C15H32N2/c1-5-10-13(2)14(16)15(3,4)17-11-8-6-7-9-12-17/h13-14H,5-12,16H2,1-4H3. The van der Waals surface area contributed by atoms with Crippen LogP contribution in [-0.2, 0) is 0 Å². The highest BCUT2D eigenvalue weighted by Crippen LogP contribution is 2.27. The Labute approximate surface area is 108 Å². The van der Waals surface area contributed by atoms with E-state index in [1.165, 1.54) is 51.6 Å². The third kappa shape index (κ3) is 3.96. The van der Waals surface area contributed by atoms with Gasteiger partial charge in [0.25, 0.3) is 0 Å². The molecule has 0 bridgehead atoms.